The van der Waals surface area contributed by atoms with Crippen LogP contribution in [0.25, 0.3) is 0 Å². The van der Waals surface area contributed by atoms with Crippen LogP contribution in [-0.2, 0) is 11.3 Å². The average molecular weight is 288 g/mol. The van der Waals surface area contributed by atoms with E-state index in [9.17, 15) is 9.59 Å². The van der Waals surface area contributed by atoms with Crippen molar-refractivity contribution in [3.8, 4) is 0 Å². The number of pyridine rings is 1. The van der Waals surface area contributed by atoms with Gasteiger partial charge in [0.2, 0.25) is 0 Å². The van der Waals surface area contributed by atoms with Gasteiger partial charge in [-0.05, 0) is 25.0 Å². The lowest BCUT2D eigenvalue weighted by Crippen LogP contribution is -2.48. The zero-order chi connectivity index (χ0) is 14.9. The van der Waals surface area contributed by atoms with Gasteiger partial charge in [0.1, 0.15) is 5.54 Å². The largest absolute Gasteiger partial charge is 0.388 e. The van der Waals surface area contributed by atoms with Crippen LogP contribution in [0.4, 0.5) is 10.5 Å². The van der Waals surface area contributed by atoms with Crippen LogP contribution in [-0.4, -0.2) is 34.4 Å². The summed E-state index contributed by atoms with van der Waals surface area (Å²) in [4.78, 5) is 30.4. The molecule has 0 aromatic carbocycles. The number of urea groups is 1. The number of carbonyl (C=O) groups is 2. The molecule has 2 N–H and O–H groups in total. The molecule has 1 aliphatic heterocycles. The summed E-state index contributed by atoms with van der Waals surface area (Å²) in [7, 11) is 1.82. The summed E-state index contributed by atoms with van der Waals surface area (Å²) in [5.41, 5.74) is 0.966. The van der Waals surface area contributed by atoms with Gasteiger partial charge in [0.25, 0.3) is 5.91 Å². The van der Waals surface area contributed by atoms with Crippen molar-refractivity contribution >= 4 is 17.6 Å². The summed E-state index contributed by atoms with van der Waals surface area (Å²) in [5, 5.41) is 5.94. The van der Waals surface area contributed by atoms with E-state index in [2.05, 4.69) is 15.6 Å². The molecule has 1 aliphatic carbocycles. The van der Waals surface area contributed by atoms with Gasteiger partial charge in [0.05, 0.1) is 12.2 Å². The van der Waals surface area contributed by atoms with Crippen molar-refractivity contribution in [3.05, 3.63) is 24.0 Å². The number of nitrogens with one attached hydrogen (secondary N) is 2. The fraction of sp³-hybridized carbons (Fsp3) is 0.533. The zero-order valence-corrected chi connectivity index (χ0v) is 12.2. The van der Waals surface area contributed by atoms with E-state index >= 15 is 0 Å². The summed E-state index contributed by atoms with van der Waals surface area (Å²) < 4.78 is 0. The van der Waals surface area contributed by atoms with Gasteiger partial charge in [-0.3, -0.25) is 14.7 Å². The molecule has 3 rings (SSSR count). The minimum atomic E-state index is -0.657. The summed E-state index contributed by atoms with van der Waals surface area (Å²) in [5.74, 6) is -0.0936. The number of hydrogen-bond acceptors (Lipinski definition) is 4. The molecule has 1 spiro atoms. The third-order valence-corrected chi connectivity index (χ3v) is 4.38. The minimum Gasteiger partial charge on any atom is -0.388 e. The number of anilines is 1. The van der Waals surface area contributed by atoms with Crippen LogP contribution in [0.15, 0.2) is 18.3 Å². The number of amides is 3. The van der Waals surface area contributed by atoms with Crippen LogP contribution in [0.3, 0.4) is 0 Å². The Morgan fingerprint density at radius 2 is 2.10 bits per heavy atom. The van der Waals surface area contributed by atoms with E-state index in [1.54, 1.807) is 6.20 Å². The van der Waals surface area contributed by atoms with Gasteiger partial charge in [-0.2, -0.15) is 0 Å². The molecule has 21 heavy (non-hydrogen) atoms. The minimum absolute atomic E-state index is 0.0936. The SMILES string of the molecule is CNc1ccnc(CN2C(=O)NC3(CCCCC3)C2=O)c1. The smallest absolute Gasteiger partial charge is 0.325 e. The molecule has 2 heterocycles. The van der Waals surface area contributed by atoms with Crippen molar-refractivity contribution in [2.75, 3.05) is 12.4 Å². The van der Waals surface area contributed by atoms with E-state index in [4.69, 9.17) is 0 Å². The second kappa shape index (κ2) is 5.35. The average Bonchev–Trinajstić information content (AvgIpc) is 2.73. The quantitative estimate of drug-likeness (QED) is 0.833. The molecule has 2 fully saturated rings. The molecule has 3 amide bonds. The van der Waals surface area contributed by atoms with Crippen molar-refractivity contribution in [2.24, 2.45) is 0 Å². The van der Waals surface area contributed by atoms with E-state index in [-0.39, 0.29) is 18.5 Å². The van der Waals surface area contributed by atoms with Gasteiger partial charge < -0.3 is 10.6 Å². The second-order valence-electron chi connectivity index (χ2n) is 5.75. The number of hydrogen-bond donors (Lipinski definition) is 2. The Balaban J connectivity index is 1.79. The first-order valence-electron chi connectivity index (χ1n) is 7.41. The molecule has 0 atom stereocenters. The molecule has 1 aromatic rings. The van der Waals surface area contributed by atoms with Gasteiger partial charge in [0, 0.05) is 18.9 Å². The second-order valence-corrected chi connectivity index (χ2v) is 5.75. The Labute approximate surface area is 123 Å². The topological polar surface area (TPSA) is 74.3 Å². The number of rotatable bonds is 3. The maximum absolute atomic E-state index is 12.7. The Hall–Kier alpha value is -2.11. The normalized spacial score (nSPS) is 20.7. The molecule has 1 saturated heterocycles. The lowest BCUT2D eigenvalue weighted by molar-refractivity contribution is -0.132. The van der Waals surface area contributed by atoms with Gasteiger partial charge in [-0.15, -0.1) is 0 Å². The summed E-state index contributed by atoms with van der Waals surface area (Å²) >= 11 is 0. The lowest BCUT2D eigenvalue weighted by atomic mass is 9.82. The van der Waals surface area contributed by atoms with Crippen molar-refractivity contribution < 1.29 is 9.59 Å². The van der Waals surface area contributed by atoms with Gasteiger partial charge in [-0.1, -0.05) is 19.3 Å². The van der Waals surface area contributed by atoms with E-state index in [1.807, 2.05) is 19.2 Å². The van der Waals surface area contributed by atoms with Crippen molar-refractivity contribution in [1.82, 2.24) is 15.2 Å². The zero-order valence-electron chi connectivity index (χ0n) is 12.2. The highest BCUT2D eigenvalue weighted by molar-refractivity contribution is 6.07. The Morgan fingerprint density at radius 1 is 1.33 bits per heavy atom. The predicted octanol–water partition coefficient (Wildman–Crippen LogP) is 1.88. The fourth-order valence-corrected chi connectivity index (χ4v) is 3.20. The summed E-state index contributed by atoms with van der Waals surface area (Å²) in [6.07, 6.45) is 6.30. The molecular formula is C15H20N4O2. The first-order chi connectivity index (χ1) is 10.1. The van der Waals surface area contributed by atoms with Crippen LogP contribution < -0.4 is 10.6 Å². The van der Waals surface area contributed by atoms with Gasteiger partial charge in [0.15, 0.2) is 0 Å². The highest BCUT2D eigenvalue weighted by atomic mass is 16.2. The van der Waals surface area contributed by atoms with Crippen LogP contribution in [0.5, 0.6) is 0 Å². The predicted molar refractivity (Wildman–Crippen MR) is 78.7 cm³/mol. The van der Waals surface area contributed by atoms with Crippen molar-refractivity contribution in [2.45, 2.75) is 44.2 Å². The molecule has 0 unspecified atom stereocenters. The first kappa shape index (κ1) is 13.9. The van der Waals surface area contributed by atoms with Gasteiger partial charge >= 0.3 is 6.03 Å². The fourth-order valence-electron chi connectivity index (χ4n) is 3.20. The van der Waals surface area contributed by atoms with E-state index in [1.165, 1.54) is 4.90 Å². The standard InChI is InChI=1S/C15H20N4O2/c1-16-11-5-8-17-12(9-11)10-19-13(20)15(18-14(19)21)6-3-2-4-7-15/h5,8-9H,2-4,6-7,10H2,1H3,(H,16,17)(H,18,21). The molecule has 1 saturated carbocycles. The van der Waals surface area contributed by atoms with E-state index in [0.29, 0.717) is 5.69 Å². The molecule has 6 heteroatoms. The van der Waals surface area contributed by atoms with E-state index < -0.39 is 5.54 Å². The lowest BCUT2D eigenvalue weighted by Gasteiger charge is -2.30. The Bertz CT molecular complexity index is 567. The Morgan fingerprint density at radius 3 is 2.81 bits per heavy atom. The first-order valence-corrected chi connectivity index (χ1v) is 7.41. The Kier molecular flexibility index (Phi) is 3.53. The molecule has 0 radical (unpaired) electrons. The highest BCUT2D eigenvalue weighted by Gasteiger charge is 2.51. The molecule has 2 aliphatic rings. The molecule has 6 nitrogen and oxygen atoms in total. The van der Waals surface area contributed by atoms with Crippen molar-refractivity contribution in [1.29, 1.82) is 0 Å². The summed E-state index contributed by atoms with van der Waals surface area (Å²) in [6.45, 7) is 0.224. The molecular weight excluding hydrogens is 268 g/mol. The maximum atomic E-state index is 12.7. The van der Waals surface area contributed by atoms with Crippen LogP contribution in [0, 0.1) is 0 Å². The van der Waals surface area contributed by atoms with Crippen LogP contribution >= 0.6 is 0 Å². The highest BCUT2D eigenvalue weighted by Crippen LogP contribution is 2.34. The molecule has 0 bridgehead atoms. The molecule has 1 aromatic heterocycles. The van der Waals surface area contributed by atoms with Crippen LogP contribution in [0.2, 0.25) is 0 Å². The number of imide groups is 1. The van der Waals surface area contributed by atoms with Crippen LogP contribution in [0.1, 0.15) is 37.8 Å². The third-order valence-electron chi connectivity index (χ3n) is 4.38. The maximum Gasteiger partial charge on any atom is 0.325 e. The van der Waals surface area contributed by atoms with Gasteiger partial charge in [-0.25, -0.2) is 4.79 Å². The van der Waals surface area contributed by atoms with E-state index in [0.717, 1.165) is 37.8 Å². The monoisotopic (exact) mass is 288 g/mol. The number of aromatic nitrogens is 1. The number of carbonyl (C=O) groups excluding carboxylic acids is 2. The molecule has 112 valence electrons. The van der Waals surface area contributed by atoms with Crippen molar-refractivity contribution in [3.63, 3.8) is 0 Å². The number of nitrogens with zero attached hydrogens (tertiary/aromatic N) is 2. The summed E-state index contributed by atoms with van der Waals surface area (Å²) in [6, 6.07) is 3.41. The third kappa shape index (κ3) is 2.46.